The Balaban J connectivity index is 1.89. The highest BCUT2D eigenvalue weighted by atomic mass is 32.2. The van der Waals surface area contributed by atoms with E-state index in [4.69, 9.17) is 5.73 Å². The number of nitrogens with two attached hydrogens (primary N) is 1. The van der Waals surface area contributed by atoms with Crippen LogP contribution in [-0.2, 0) is 13.0 Å². The van der Waals surface area contributed by atoms with Crippen LogP contribution in [0.5, 0.6) is 0 Å². The Hall–Kier alpha value is -1.33. The predicted molar refractivity (Wildman–Crippen MR) is 85.4 cm³/mol. The number of rotatable bonds is 4. The summed E-state index contributed by atoms with van der Waals surface area (Å²) in [4.78, 5) is 1.20. The molecule has 0 spiro atoms. The van der Waals surface area contributed by atoms with Crippen LogP contribution in [0.25, 0.3) is 0 Å². The van der Waals surface area contributed by atoms with Gasteiger partial charge in [0.2, 0.25) is 0 Å². The molecule has 0 saturated heterocycles. The molecule has 2 N–H and O–H groups in total. The fourth-order valence-electron chi connectivity index (χ4n) is 2.73. The quantitative estimate of drug-likeness (QED) is 0.938. The molecular formula is C16H22N4S. The van der Waals surface area contributed by atoms with Gasteiger partial charge in [-0.15, -0.1) is 10.2 Å². The second-order valence-corrected chi connectivity index (χ2v) is 6.52. The van der Waals surface area contributed by atoms with Crippen LogP contribution in [0.2, 0.25) is 0 Å². The van der Waals surface area contributed by atoms with Crippen molar-refractivity contribution in [3.8, 4) is 0 Å². The maximum Gasteiger partial charge on any atom is 0.196 e. The zero-order chi connectivity index (χ0) is 14.7. The van der Waals surface area contributed by atoms with Gasteiger partial charge in [-0.25, -0.2) is 0 Å². The Bertz CT molecular complexity index is 608. The molecule has 0 fully saturated rings. The van der Waals surface area contributed by atoms with Gasteiger partial charge in [-0.05, 0) is 42.7 Å². The van der Waals surface area contributed by atoms with Gasteiger partial charge in [-0.2, -0.15) is 0 Å². The molecule has 0 amide bonds. The highest BCUT2D eigenvalue weighted by Gasteiger charge is 2.17. The predicted octanol–water partition coefficient (Wildman–Crippen LogP) is 3.57. The molecule has 1 atom stereocenters. The van der Waals surface area contributed by atoms with Crippen molar-refractivity contribution in [2.75, 3.05) is 0 Å². The standard InChI is InChI=1S/C16H22N4S/c1-2-13(17)12-8-5-6-9-14(12)21-16-19-18-15-10-4-3-7-11-20(15)16/h5-6,8-9,13H,2-4,7,10-11,17H2,1H3/t13-/m0/s1. The Kier molecular flexibility index (Phi) is 4.60. The maximum absolute atomic E-state index is 6.23. The molecule has 112 valence electrons. The van der Waals surface area contributed by atoms with E-state index in [1.807, 2.05) is 0 Å². The molecule has 2 aromatic rings. The monoisotopic (exact) mass is 302 g/mol. The van der Waals surface area contributed by atoms with Gasteiger partial charge in [0.25, 0.3) is 0 Å². The molecule has 2 heterocycles. The third kappa shape index (κ3) is 3.14. The van der Waals surface area contributed by atoms with Gasteiger partial charge < -0.3 is 10.3 Å². The normalized spacial score (nSPS) is 16.3. The molecule has 0 aliphatic carbocycles. The Morgan fingerprint density at radius 3 is 2.95 bits per heavy atom. The summed E-state index contributed by atoms with van der Waals surface area (Å²) in [5.74, 6) is 1.13. The summed E-state index contributed by atoms with van der Waals surface area (Å²) in [7, 11) is 0. The lowest BCUT2D eigenvalue weighted by Gasteiger charge is -2.14. The molecule has 21 heavy (non-hydrogen) atoms. The maximum atomic E-state index is 6.23. The van der Waals surface area contributed by atoms with Crippen LogP contribution < -0.4 is 5.73 Å². The number of nitrogens with zero attached hydrogens (tertiary/aromatic N) is 3. The van der Waals surface area contributed by atoms with Crippen molar-refractivity contribution < 1.29 is 0 Å². The van der Waals surface area contributed by atoms with Crippen LogP contribution in [0.4, 0.5) is 0 Å². The van der Waals surface area contributed by atoms with E-state index in [-0.39, 0.29) is 6.04 Å². The topological polar surface area (TPSA) is 56.7 Å². The molecule has 1 aromatic heterocycles. The summed E-state index contributed by atoms with van der Waals surface area (Å²) in [5.41, 5.74) is 7.44. The van der Waals surface area contributed by atoms with Crippen molar-refractivity contribution in [3.63, 3.8) is 0 Å². The SMILES string of the molecule is CC[C@H](N)c1ccccc1Sc1nnc2n1CCCCC2. The van der Waals surface area contributed by atoms with E-state index in [9.17, 15) is 0 Å². The number of aryl methyl sites for hydroxylation is 1. The van der Waals surface area contributed by atoms with E-state index >= 15 is 0 Å². The average Bonchev–Trinajstić information content (AvgIpc) is 2.74. The van der Waals surface area contributed by atoms with Gasteiger partial charge in [-0.1, -0.05) is 31.5 Å². The largest absolute Gasteiger partial charge is 0.324 e. The lowest BCUT2D eigenvalue weighted by atomic mass is 10.1. The van der Waals surface area contributed by atoms with Gasteiger partial charge in [-0.3, -0.25) is 0 Å². The van der Waals surface area contributed by atoms with Crippen molar-refractivity contribution in [3.05, 3.63) is 35.7 Å². The van der Waals surface area contributed by atoms with Crippen molar-refractivity contribution >= 4 is 11.8 Å². The third-order valence-electron chi connectivity index (χ3n) is 4.04. The number of benzene rings is 1. The summed E-state index contributed by atoms with van der Waals surface area (Å²) in [6, 6.07) is 8.46. The minimum Gasteiger partial charge on any atom is -0.324 e. The lowest BCUT2D eigenvalue weighted by molar-refractivity contribution is 0.590. The Labute approximate surface area is 130 Å². The minimum absolute atomic E-state index is 0.0835. The summed E-state index contributed by atoms with van der Waals surface area (Å²) < 4.78 is 2.28. The van der Waals surface area contributed by atoms with Crippen LogP contribution >= 0.6 is 11.8 Å². The molecule has 0 radical (unpaired) electrons. The van der Waals surface area contributed by atoms with Gasteiger partial charge in [0.1, 0.15) is 5.82 Å². The van der Waals surface area contributed by atoms with Crippen molar-refractivity contribution in [2.24, 2.45) is 5.73 Å². The summed E-state index contributed by atoms with van der Waals surface area (Å²) in [6.45, 7) is 3.15. The average molecular weight is 302 g/mol. The molecule has 1 aliphatic rings. The smallest absolute Gasteiger partial charge is 0.196 e. The second kappa shape index (κ2) is 6.62. The van der Waals surface area contributed by atoms with Crippen LogP contribution in [0.3, 0.4) is 0 Å². The molecule has 3 rings (SSSR count). The highest BCUT2D eigenvalue weighted by Crippen LogP contribution is 2.33. The second-order valence-electron chi connectivity index (χ2n) is 5.52. The van der Waals surface area contributed by atoms with Crippen molar-refractivity contribution in [2.45, 2.75) is 61.7 Å². The number of hydrogen-bond donors (Lipinski definition) is 1. The van der Waals surface area contributed by atoms with Gasteiger partial charge in [0, 0.05) is 23.9 Å². The van der Waals surface area contributed by atoms with E-state index in [1.165, 1.54) is 29.7 Å². The van der Waals surface area contributed by atoms with Gasteiger partial charge >= 0.3 is 0 Å². The zero-order valence-corrected chi connectivity index (χ0v) is 13.3. The molecule has 0 unspecified atom stereocenters. The molecule has 1 aliphatic heterocycles. The van der Waals surface area contributed by atoms with Crippen LogP contribution in [0.15, 0.2) is 34.3 Å². The number of hydrogen-bond acceptors (Lipinski definition) is 4. The van der Waals surface area contributed by atoms with Crippen molar-refractivity contribution in [1.29, 1.82) is 0 Å². The minimum atomic E-state index is 0.0835. The summed E-state index contributed by atoms with van der Waals surface area (Å²) in [5, 5.41) is 9.77. The van der Waals surface area contributed by atoms with E-state index in [2.05, 4.69) is 46.0 Å². The first-order chi connectivity index (χ1) is 10.3. The Morgan fingerprint density at radius 2 is 2.10 bits per heavy atom. The first-order valence-corrected chi connectivity index (χ1v) is 8.55. The fraction of sp³-hybridized carbons (Fsp3) is 0.500. The number of fused-ring (bicyclic) bond motifs is 1. The molecular weight excluding hydrogens is 280 g/mol. The molecule has 5 heteroatoms. The van der Waals surface area contributed by atoms with Crippen LogP contribution in [-0.4, -0.2) is 14.8 Å². The van der Waals surface area contributed by atoms with Crippen LogP contribution in [0.1, 0.15) is 50.0 Å². The van der Waals surface area contributed by atoms with E-state index in [1.54, 1.807) is 11.8 Å². The summed E-state index contributed by atoms with van der Waals surface area (Å²) >= 11 is 1.70. The zero-order valence-electron chi connectivity index (χ0n) is 12.5. The lowest BCUT2D eigenvalue weighted by Crippen LogP contribution is -2.10. The van der Waals surface area contributed by atoms with E-state index in [0.717, 1.165) is 30.4 Å². The first kappa shape index (κ1) is 14.6. The Morgan fingerprint density at radius 1 is 1.24 bits per heavy atom. The number of aromatic nitrogens is 3. The highest BCUT2D eigenvalue weighted by molar-refractivity contribution is 7.99. The molecule has 0 bridgehead atoms. The third-order valence-corrected chi connectivity index (χ3v) is 5.11. The fourth-order valence-corrected chi connectivity index (χ4v) is 3.80. The van der Waals surface area contributed by atoms with Gasteiger partial charge in [0.15, 0.2) is 5.16 Å². The van der Waals surface area contributed by atoms with Crippen molar-refractivity contribution in [1.82, 2.24) is 14.8 Å². The van der Waals surface area contributed by atoms with E-state index < -0.39 is 0 Å². The van der Waals surface area contributed by atoms with E-state index in [0.29, 0.717) is 0 Å². The molecule has 4 nitrogen and oxygen atoms in total. The first-order valence-electron chi connectivity index (χ1n) is 7.74. The van der Waals surface area contributed by atoms with Crippen LogP contribution in [0, 0.1) is 0 Å². The molecule has 1 aromatic carbocycles. The molecule has 0 saturated carbocycles. The van der Waals surface area contributed by atoms with Gasteiger partial charge in [0.05, 0.1) is 0 Å². The summed E-state index contributed by atoms with van der Waals surface area (Å²) in [6.07, 6.45) is 5.71.